The van der Waals surface area contributed by atoms with Crippen LogP contribution in [0.15, 0.2) is 24.8 Å². The normalized spacial score (nSPS) is 10.0. The van der Waals surface area contributed by atoms with Gasteiger partial charge in [0.05, 0.1) is 12.2 Å². The summed E-state index contributed by atoms with van der Waals surface area (Å²) in [6.07, 6.45) is 1.69. The Morgan fingerprint density at radius 2 is 2.18 bits per heavy atom. The van der Waals surface area contributed by atoms with E-state index in [-0.39, 0.29) is 18.2 Å². The molecule has 1 aromatic carbocycles. The molecule has 1 rings (SSSR count). The third-order valence-corrected chi connectivity index (χ3v) is 2.48. The van der Waals surface area contributed by atoms with Crippen LogP contribution >= 0.6 is 0 Å². The van der Waals surface area contributed by atoms with E-state index < -0.39 is 0 Å². The zero-order valence-corrected chi connectivity index (χ0v) is 10.2. The second-order valence-electron chi connectivity index (χ2n) is 3.87. The highest BCUT2D eigenvalue weighted by Crippen LogP contribution is 2.27. The lowest BCUT2D eigenvalue weighted by atomic mass is 10.1. The lowest BCUT2D eigenvalue weighted by Crippen LogP contribution is -2.28. The third kappa shape index (κ3) is 3.60. The molecule has 17 heavy (non-hydrogen) atoms. The molecule has 0 spiro atoms. The van der Waals surface area contributed by atoms with Crippen molar-refractivity contribution < 1.29 is 9.90 Å². The maximum Gasteiger partial charge on any atom is 0.238 e. The number of carbonyl (C=O) groups is 1. The molecule has 92 valence electrons. The highest BCUT2D eigenvalue weighted by atomic mass is 16.3. The fraction of sp³-hybridized carbons (Fsp3) is 0.308. The van der Waals surface area contributed by atoms with Gasteiger partial charge in [0.25, 0.3) is 0 Å². The molecule has 3 N–H and O–H groups in total. The minimum atomic E-state index is -0.136. The molecule has 1 amide bonds. The summed E-state index contributed by atoms with van der Waals surface area (Å²) in [4.78, 5) is 11.6. The van der Waals surface area contributed by atoms with Crippen LogP contribution in [0, 0.1) is 13.8 Å². The Bertz CT molecular complexity index is 428. The zero-order valence-electron chi connectivity index (χ0n) is 10.2. The van der Waals surface area contributed by atoms with Crippen molar-refractivity contribution in [3.8, 4) is 5.75 Å². The summed E-state index contributed by atoms with van der Waals surface area (Å²) in [5, 5.41) is 15.3. The molecular weight excluding hydrogens is 216 g/mol. The van der Waals surface area contributed by atoms with Crippen LogP contribution in [0.5, 0.6) is 5.75 Å². The van der Waals surface area contributed by atoms with Gasteiger partial charge in [0.15, 0.2) is 0 Å². The number of rotatable bonds is 5. The monoisotopic (exact) mass is 234 g/mol. The lowest BCUT2D eigenvalue weighted by Gasteiger charge is -2.12. The van der Waals surface area contributed by atoms with Crippen LogP contribution in [0.4, 0.5) is 5.69 Å². The Hall–Kier alpha value is -1.81. The van der Waals surface area contributed by atoms with Crippen LogP contribution in [-0.4, -0.2) is 24.1 Å². The second-order valence-corrected chi connectivity index (χ2v) is 3.87. The van der Waals surface area contributed by atoms with Gasteiger partial charge in [-0.25, -0.2) is 0 Å². The van der Waals surface area contributed by atoms with Crippen molar-refractivity contribution >= 4 is 11.6 Å². The van der Waals surface area contributed by atoms with Gasteiger partial charge in [0.1, 0.15) is 5.75 Å². The van der Waals surface area contributed by atoms with Crippen molar-refractivity contribution in [3.05, 3.63) is 35.9 Å². The summed E-state index contributed by atoms with van der Waals surface area (Å²) >= 11 is 0. The van der Waals surface area contributed by atoms with E-state index >= 15 is 0 Å². The van der Waals surface area contributed by atoms with Crippen LogP contribution < -0.4 is 10.6 Å². The van der Waals surface area contributed by atoms with Gasteiger partial charge in [-0.15, -0.1) is 6.58 Å². The molecule has 0 aliphatic carbocycles. The van der Waals surface area contributed by atoms with Gasteiger partial charge < -0.3 is 15.7 Å². The fourth-order valence-electron chi connectivity index (χ4n) is 1.50. The molecule has 0 aliphatic heterocycles. The van der Waals surface area contributed by atoms with E-state index in [1.807, 2.05) is 6.92 Å². The molecule has 0 atom stereocenters. The minimum Gasteiger partial charge on any atom is -0.508 e. The predicted octanol–water partition coefficient (Wildman–Crippen LogP) is 1.72. The molecular formula is C13H18N2O2. The second kappa shape index (κ2) is 6.06. The van der Waals surface area contributed by atoms with E-state index in [2.05, 4.69) is 17.2 Å². The highest BCUT2D eigenvalue weighted by molar-refractivity contribution is 5.94. The molecule has 0 aliphatic rings. The number of amides is 1. The van der Waals surface area contributed by atoms with Crippen LogP contribution in [0.25, 0.3) is 0 Å². The largest absolute Gasteiger partial charge is 0.508 e. The van der Waals surface area contributed by atoms with E-state index in [4.69, 9.17) is 0 Å². The summed E-state index contributed by atoms with van der Waals surface area (Å²) in [5.74, 6) is 0.0496. The fourth-order valence-corrected chi connectivity index (χ4v) is 1.50. The first-order chi connectivity index (χ1) is 8.06. The first-order valence-corrected chi connectivity index (χ1v) is 5.47. The van der Waals surface area contributed by atoms with Gasteiger partial charge in [-0.1, -0.05) is 12.1 Å². The van der Waals surface area contributed by atoms with E-state index in [1.54, 1.807) is 25.1 Å². The standard InChI is InChI=1S/C13H18N2O2/c1-4-7-14-8-12(17)15-13-9(2)5-6-11(16)10(13)3/h4-6,14,16H,1,7-8H2,2-3H3,(H,15,17). The molecule has 4 heteroatoms. The number of aryl methyl sites for hydroxylation is 1. The molecule has 0 radical (unpaired) electrons. The topological polar surface area (TPSA) is 61.4 Å². The van der Waals surface area contributed by atoms with Crippen molar-refractivity contribution in [2.24, 2.45) is 0 Å². The lowest BCUT2D eigenvalue weighted by molar-refractivity contribution is -0.115. The maximum atomic E-state index is 11.6. The maximum absolute atomic E-state index is 11.6. The number of aromatic hydroxyl groups is 1. The van der Waals surface area contributed by atoms with Gasteiger partial charge in [-0.05, 0) is 25.5 Å². The number of benzene rings is 1. The Morgan fingerprint density at radius 1 is 1.47 bits per heavy atom. The first-order valence-electron chi connectivity index (χ1n) is 5.47. The van der Waals surface area contributed by atoms with E-state index in [1.165, 1.54) is 0 Å². The Balaban J connectivity index is 2.71. The van der Waals surface area contributed by atoms with Crippen LogP contribution in [0.3, 0.4) is 0 Å². The zero-order chi connectivity index (χ0) is 12.8. The van der Waals surface area contributed by atoms with Crippen LogP contribution in [0.2, 0.25) is 0 Å². The molecule has 0 saturated heterocycles. The van der Waals surface area contributed by atoms with Gasteiger partial charge in [-0.2, -0.15) is 0 Å². The Labute approximate surface area is 101 Å². The summed E-state index contributed by atoms with van der Waals surface area (Å²) < 4.78 is 0. The molecule has 0 heterocycles. The Kier molecular flexibility index (Phi) is 4.72. The van der Waals surface area contributed by atoms with Crippen molar-refractivity contribution in [2.75, 3.05) is 18.4 Å². The molecule has 0 aromatic heterocycles. The van der Waals surface area contributed by atoms with Gasteiger partial charge in [0.2, 0.25) is 5.91 Å². The van der Waals surface area contributed by atoms with Gasteiger partial charge in [0, 0.05) is 12.1 Å². The minimum absolute atomic E-state index is 0.136. The quantitative estimate of drug-likeness (QED) is 0.537. The van der Waals surface area contributed by atoms with Crippen molar-refractivity contribution in [1.29, 1.82) is 0 Å². The number of hydrogen-bond acceptors (Lipinski definition) is 3. The average molecular weight is 234 g/mol. The van der Waals surface area contributed by atoms with E-state index in [0.29, 0.717) is 17.8 Å². The summed E-state index contributed by atoms with van der Waals surface area (Å²) in [5.41, 5.74) is 2.29. The molecule has 0 unspecified atom stereocenters. The molecule has 4 nitrogen and oxygen atoms in total. The highest BCUT2D eigenvalue weighted by Gasteiger charge is 2.09. The summed E-state index contributed by atoms with van der Waals surface area (Å²) in [7, 11) is 0. The number of phenolic OH excluding ortho intramolecular Hbond substituents is 1. The van der Waals surface area contributed by atoms with Gasteiger partial charge >= 0.3 is 0 Å². The summed E-state index contributed by atoms with van der Waals surface area (Å²) in [6.45, 7) is 8.03. The average Bonchev–Trinajstić information content (AvgIpc) is 2.30. The SMILES string of the molecule is C=CCNCC(=O)Nc1c(C)ccc(O)c1C. The van der Waals surface area contributed by atoms with Crippen LogP contribution in [0.1, 0.15) is 11.1 Å². The van der Waals surface area contributed by atoms with Crippen molar-refractivity contribution in [3.63, 3.8) is 0 Å². The number of nitrogens with one attached hydrogen (secondary N) is 2. The third-order valence-electron chi connectivity index (χ3n) is 2.48. The first kappa shape index (κ1) is 13.3. The molecule has 0 saturated carbocycles. The number of phenols is 1. The molecule has 0 bridgehead atoms. The van der Waals surface area contributed by atoms with E-state index in [9.17, 15) is 9.90 Å². The molecule has 1 aromatic rings. The Morgan fingerprint density at radius 3 is 2.82 bits per heavy atom. The summed E-state index contributed by atoms with van der Waals surface area (Å²) in [6, 6.07) is 3.39. The predicted molar refractivity (Wildman–Crippen MR) is 69.3 cm³/mol. The number of carbonyl (C=O) groups excluding carboxylic acids is 1. The van der Waals surface area contributed by atoms with Crippen LogP contribution in [-0.2, 0) is 4.79 Å². The number of hydrogen-bond donors (Lipinski definition) is 3. The molecule has 0 fully saturated rings. The van der Waals surface area contributed by atoms with Crippen molar-refractivity contribution in [1.82, 2.24) is 5.32 Å². The van der Waals surface area contributed by atoms with E-state index in [0.717, 1.165) is 5.56 Å². The van der Waals surface area contributed by atoms with Crippen molar-refractivity contribution in [2.45, 2.75) is 13.8 Å². The number of anilines is 1. The van der Waals surface area contributed by atoms with Gasteiger partial charge in [-0.3, -0.25) is 4.79 Å². The smallest absolute Gasteiger partial charge is 0.238 e.